The standard InChI is InChI=1S/C54H35NO.C6H10.CH4/c1-4-13-36(14-5-1)38-17-10-18-39(31-38)40-19-11-20-41(32-40)43-27-30-53-50(34-43)47-24-12-23-46(54(47)56-53)44-26-29-52-49(35-44)48-33-42(37-15-6-2-7-16-37)25-28-51(48)55(52)45-21-8-3-9-22-45;1-3-5-6-4-2;/h1-35H;3-6H,1-2H3;1H4/b;5-3-,6-4-;. The topological polar surface area (TPSA) is 18.1 Å². The summed E-state index contributed by atoms with van der Waals surface area (Å²) < 4.78 is 9.10. The molecule has 2 heterocycles. The highest BCUT2D eigenvalue weighted by Crippen LogP contribution is 2.41. The fourth-order valence-corrected chi connectivity index (χ4v) is 8.67. The van der Waals surface area contributed by atoms with E-state index in [0.29, 0.717) is 0 Å². The van der Waals surface area contributed by atoms with E-state index >= 15 is 0 Å². The van der Waals surface area contributed by atoms with Crippen LogP contribution in [-0.4, -0.2) is 4.57 Å². The Kier molecular flexibility index (Phi) is 11.5. The van der Waals surface area contributed by atoms with E-state index in [1.807, 2.05) is 38.2 Å². The zero-order valence-electron chi connectivity index (χ0n) is 34.9. The molecule has 0 aliphatic rings. The third-order valence-corrected chi connectivity index (χ3v) is 11.7. The first-order valence-corrected chi connectivity index (χ1v) is 21.3. The van der Waals surface area contributed by atoms with E-state index in [9.17, 15) is 0 Å². The van der Waals surface area contributed by atoms with Crippen LogP contribution in [-0.2, 0) is 0 Å². The summed E-state index contributed by atoms with van der Waals surface area (Å²) in [6, 6.07) is 76.3. The van der Waals surface area contributed by atoms with Crippen molar-refractivity contribution in [3.63, 3.8) is 0 Å². The van der Waals surface area contributed by atoms with Gasteiger partial charge in [-0.1, -0.05) is 183 Å². The third kappa shape index (κ3) is 7.91. The van der Waals surface area contributed by atoms with Gasteiger partial charge in [0.1, 0.15) is 11.2 Å². The molecule has 63 heavy (non-hydrogen) atoms. The van der Waals surface area contributed by atoms with Gasteiger partial charge in [0.2, 0.25) is 0 Å². The average Bonchev–Trinajstić information content (AvgIpc) is 3.89. The van der Waals surface area contributed by atoms with Gasteiger partial charge in [0.25, 0.3) is 0 Å². The summed E-state index contributed by atoms with van der Waals surface area (Å²) in [4.78, 5) is 0. The van der Waals surface area contributed by atoms with Gasteiger partial charge in [0.05, 0.1) is 11.0 Å². The van der Waals surface area contributed by atoms with Crippen molar-refractivity contribution < 1.29 is 4.42 Å². The van der Waals surface area contributed by atoms with Gasteiger partial charge in [0.15, 0.2) is 0 Å². The first kappa shape index (κ1) is 40.5. The van der Waals surface area contributed by atoms with Crippen LogP contribution in [0, 0.1) is 0 Å². The van der Waals surface area contributed by atoms with Crippen LogP contribution in [0.5, 0.6) is 0 Å². The molecule has 0 saturated carbocycles. The first-order valence-electron chi connectivity index (χ1n) is 21.3. The van der Waals surface area contributed by atoms with Crippen LogP contribution >= 0.6 is 0 Å². The molecule has 0 aliphatic heterocycles. The van der Waals surface area contributed by atoms with Crippen molar-refractivity contribution in [2.45, 2.75) is 21.3 Å². The van der Waals surface area contributed by atoms with Crippen LogP contribution in [0.3, 0.4) is 0 Å². The van der Waals surface area contributed by atoms with E-state index in [1.54, 1.807) is 0 Å². The van der Waals surface area contributed by atoms with Crippen molar-refractivity contribution in [3.8, 4) is 61.3 Å². The molecule has 2 nitrogen and oxygen atoms in total. The summed E-state index contributed by atoms with van der Waals surface area (Å²) in [5.74, 6) is 0. The van der Waals surface area contributed by atoms with Crippen molar-refractivity contribution in [1.29, 1.82) is 0 Å². The Balaban J connectivity index is 0.000000676. The average molecular weight is 812 g/mol. The highest BCUT2D eigenvalue weighted by atomic mass is 16.3. The smallest absolute Gasteiger partial charge is 0.143 e. The molecule has 0 aliphatic carbocycles. The Morgan fingerprint density at radius 1 is 0.349 bits per heavy atom. The maximum absolute atomic E-state index is 6.72. The molecule has 0 bridgehead atoms. The fraction of sp³-hybridized carbons (Fsp3) is 0.0492. The number of furan rings is 1. The minimum absolute atomic E-state index is 0. The molecule has 11 aromatic rings. The predicted molar refractivity (Wildman–Crippen MR) is 272 cm³/mol. The van der Waals surface area contributed by atoms with Crippen molar-refractivity contribution >= 4 is 43.7 Å². The molecule has 0 atom stereocenters. The van der Waals surface area contributed by atoms with Gasteiger partial charge in [-0.15, -0.1) is 0 Å². The lowest BCUT2D eigenvalue weighted by Crippen LogP contribution is -1.93. The van der Waals surface area contributed by atoms with E-state index in [4.69, 9.17) is 4.42 Å². The maximum Gasteiger partial charge on any atom is 0.143 e. The van der Waals surface area contributed by atoms with Gasteiger partial charge in [-0.3, -0.25) is 0 Å². The molecule has 2 aromatic heterocycles. The van der Waals surface area contributed by atoms with Crippen molar-refractivity contribution in [3.05, 3.63) is 237 Å². The van der Waals surface area contributed by atoms with Crippen LogP contribution in [0.4, 0.5) is 0 Å². The van der Waals surface area contributed by atoms with Crippen LogP contribution in [0.1, 0.15) is 21.3 Å². The van der Waals surface area contributed by atoms with E-state index in [-0.39, 0.29) is 7.43 Å². The summed E-state index contributed by atoms with van der Waals surface area (Å²) in [5, 5.41) is 4.67. The molecule has 0 amide bonds. The molecule has 0 spiro atoms. The summed E-state index contributed by atoms with van der Waals surface area (Å²) >= 11 is 0. The molecule has 0 fully saturated rings. The van der Waals surface area contributed by atoms with E-state index in [1.165, 1.54) is 60.8 Å². The third-order valence-electron chi connectivity index (χ3n) is 11.7. The number of aromatic nitrogens is 1. The van der Waals surface area contributed by atoms with Gasteiger partial charge in [0, 0.05) is 32.8 Å². The van der Waals surface area contributed by atoms with Gasteiger partial charge in [-0.25, -0.2) is 0 Å². The molecule has 304 valence electrons. The molecular formula is C61H49NO. The number of nitrogens with zero attached hydrogens (tertiary/aromatic N) is 1. The molecule has 2 heteroatoms. The zero-order chi connectivity index (χ0) is 41.8. The fourth-order valence-electron chi connectivity index (χ4n) is 8.67. The van der Waals surface area contributed by atoms with Crippen molar-refractivity contribution in [1.82, 2.24) is 4.57 Å². The Labute approximate surface area is 370 Å². The van der Waals surface area contributed by atoms with Gasteiger partial charge in [-0.05, 0) is 125 Å². The number of fused-ring (bicyclic) bond motifs is 6. The Bertz CT molecular complexity index is 3390. The Morgan fingerprint density at radius 2 is 0.778 bits per heavy atom. The number of benzene rings is 9. The second kappa shape index (κ2) is 18.0. The minimum atomic E-state index is 0. The first-order chi connectivity index (χ1) is 30.7. The normalized spacial score (nSPS) is 11.4. The summed E-state index contributed by atoms with van der Waals surface area (Å²) in [7, 11) is 0. The number of hydrogen-bond acceptors (Lipinski definition) is 1. The van der Waals surface area contributed by atoms with Gasteiger partial charge in [-0.2, -0.15) is 0 Å². The molecule has 9 aromatic carbocycles. The number of hydrogen-bond donors (Lipinski definition) is 0. The SMILES string of the molecule is C.C/C=C\C=C/C.c1ccc(-c2cccc(-c3cccc(-c4ccc5oc6c(-c7ccc8c(c7)c7cc(-c9ccccc9)ccc7n8-c7ccccc7)cccc6c5c4)c3)c2)cc1. The summed E-state index contributed by atoms with van der Waals surface area (Å²) in [5.41, 5.74) is 17.1. The minimum Gasteiger partial charge on any atom is -0.455 e. The molecule has 0 N–H and O–H groups in total. The lowest BCUT2D eigenvalue weighted by molar-refractivity contribution is 0.670. The van der Waals surface area contributed by atoms with Crippen LogP contribution in [0.2, 0.25) is 0 Å². The van der Waals surface area contributed by atoms with E-state index < -0.39 is 0 Å². The largest absolute Gasteiger partial charge is 0.455 e. The molecule has 11 rings (SSSR count). The monoisotopic (exact) mass is 811 g/mol. The van der Waals surface area contributed by atoms with Gasteiger partial charge < -0.3 is 8.98 Å². The predicted octanol–water partition coefficient (Wildman–Crippen LogP) is 17.8. The van der Waals surface area contributed by atoms with Crippen LogP contribution in [0.15, 0.2) is 241 Å². The second-order valence-corrected chi connectivity index (χ2v) is 15.6. The number of rotatable bonds is 7. The lowest BCUT2D eigenvalue weighted by atomic mass is 9.95. The highest BCUT2D eigenvalue weighted by Gasteiger charge is 2.18. The van der Waals surface area contributed by atoms with Crippen LogP contribution < -0.4 is 0 Å². The van der Waals surface area contributed by atoms with E-state index in [2.05, 4.69) is 217 Å². The number of para-hydroxylation sites is 2. The molecule has 0 unspecified atom stereocenters. The maximum atomic E-state index is 6.72. The summed E-state index contributed by atoms with van der Waals surface area (Å²) in [6.07, 6.45) is 8.00. The molecular weight excluding hydrogens is 763 g/mol. The quantitative estimate of drug-likeness (QED) is 0.147. The highest BCUT2D eigenvalue weighted by molar-refractivity contribution is 6.14. The number of allylic oxidation sites excluding steroid dienone is 4. The summed E-state index contributed by atoms with van der Waals surface area (Å²) in [6.45, 7) is 4.00. The Morgan fingerprint density at radius 3 is 1.35 bits per heavy atom. The van der Waals surface area contributed by atoms with Crippen LogP contribution in [0.25, 0.3) is 105 Å². The van der Waals surface area contributed by atoms with Gasteiger partial charge >= 0.3 is 0 Å². The lowest BCUT2D eigenvalue weighted by Gasteiger charge is -2.09. The van der Waals surface area contributed by atoms with Crippen molar-refractivity contribution in [2.24, 2.45) is 0 Å². The molecule has 0 saturated heterocycles. The Hall–Kier alpha value is -7.94. The second-order valence-electron chi connectivity index (χ2n) is 15.6. The molecule has 0 radical (unpaired) electrons. The zero-order valence-corrected chi connectivity index (χ0v) is 34.9. The van der Waals surface area contributed by atoms with Crippen molar-refractivity contribution in [2.75, 3.05) is 0 Å². The van der Waals surface area contributed by atoms with E-state index in [0.717, 1.165) is 44.3 Å².